The molecule has 0 aliphatic heterocycles. The Morgan fingerprint density at radius 3 is 2.07 bits per heavy atom. The second-order valence-corrected chi connectivity index (χ2v) is 5.49. The molecule has 0 aliphatic carbocycles. The van der Waals surface area contributed by atoms with E-state index in [-0.39, 0.29) is 17.2 Å². The molecule has 0 aromatic heterocycles. The van der Waals surface area contributed by atoms with E-state index in [1.165, 1.54) is 0 Å². The van der Waals surface area contributed by atoms with Gasteiger partial charge < -0.3 is 10.6 Å². The van der Waals surface area contributed by atoms with Crippen LogP contribution < -0.4 is 10.6 Å². The number of rotatable bonds is 5. The Balaban J connectivity index is 3.60. The number of hydrogen-bond acceptors (Lipinski definition) is 2. The summed E-state index contributed by atoms with van der Waals surface area (Å²) in [6.07, 6.45) is 0. The summed E-state index contributed by atoms with van der Waals surface area (Å²) in [6.45, 7) is 14.1. The lowest BCUT2D eigenvalue weighted by Crippen LogP contribution is -2.42. The molecule has 2 N–H and O–H groups in total. The van der Waals surface area contributed by atoms with Gasteiger partial charge >= 0.3 is 0 Å². The third-order valence-corrected chi connectivity index (χ3v) is 2.70. The zero-order valence-electron chi connectivity index (χ0n) is 11.0. The minimum Gasteiger partial charge on any atom is -0.355 e. The molecule has 0 rings (SSSR count). The standard InChI is InChI=1S/C12H26N2O/c1-9(2)11(15)14-8-7-13-10(3)12(4,5)6/h9-10,13H,7-8H2,1-6H3,(H,14,15). The molecule has 1 amide bonds. The summed E-state index contributed by atoms with van der Waals surface area (Å²) in [7, 11) is 0. The number of nitrogens with one attached hydrogen (secondary N) is 2. The molecule has 0 aliphatic rings. The average molecular weight is 214 g/mol. The number of carbonyl (C=O) groups is 1. The largest absolute Gasteiger partial charge is 0.355 e. The fourth-order valence-corrected chi connectivity index (χ4v) is 0.985. The third-order valence-electron chi connectivity index (χ3n) is 2.70. The van der Waals surface area contributed by atoms with Crippen molar-refractivity contribution in [2.45, 2.75) is 47.6 Å². The van der Waals surface area contributed by atoms with Crippen LogP contribution in [0.2, 0.25) is 0 Å². The first kappa shape index (κ1) is 14.4. The van der Waals surface area contributed by atoms with E-state index in [0.29, 0.717) is 12.6 Å². The molecule has 90 valence electrons. The van der Waals surface area contributed by atoms with Crippen molar-refractivity contribution in [1.29, 1.82) is 0 Å². The number of amides is 1. The van der Waals surface area contributed by atoms with Crippen LogP contribution >= 0.6 is 0 Å². The zero-order valence-corrected chi connectivity index (χ0v) is 11.0. The van der Waals surface area contributed by atoms with Gasteiger partial charge in [-0.2, -0.15) is 0 Å². The van der Waals surface area contributed by atoms with Crippen LogP contribution in [0.1, 0.15) is 41.5 Å². The van der Waals surface area contributed by atoms with Crippen LogP contribution in [-0.4, -0.2) is 25.0 Å². The van der Waals surface area contributed by atoms with Gasteiger partial charge in [0.1, 0.15) is 0 Å². The molecule has 0 aromatic carbocycles. The first-order valence-electron chi connectivity index (χ1n) is 5.76. The van der Waals surface area contributed by atoms with E-state index in [4.69, 9.17) is 0 Å². The summed E-state index contributed by atoms with van der Waals surface area (Å²) in [5, 5.41) is 6.29. The minimum absolute atomic E-state index is 0.0741. The van der Waals surface area contributed by atoms with Crippen molar-refractivity contribution < 1.29 is 4.79 Å². The van der Waals surface area contributed by atoms with Crippen LogP contribution in [0.4, 0.5) is 0 Å². The summed E-state index contributed by atoms with van der Waals surface area (Å²) < 4.78 is 0. The van der Waals surface area contributed by atoms with E-state index >= 15 is 0 Å². The molecule has 0 saturated heterocycles. The summed E-state index contributed by atoms with van der Waals surface area (Å²) in [5.41, 5.74) is 0.266. The van der Waals surface area contributed by atoms with Gasteiger partial charge in [0.05, 0.1) is 0 Å². The van der Waals surface area contributed by atoms with E-state index < -0.39 is 0 Å². The van der Waals surface area contributed by atoms with Gasteiger partial charge in [0.15, 0.2) is 0 Å². The molecule has 3 heteroatoms. The SMILES string of the molecule is CC(C)C(=O)NCCNC(C)C(C)(C)C. The van der Waals surface area contributed by atoms with E-state index in [9.17, 15) is 4.79 Å². The maximum atomic E-state index is 11.2. The summed E-state index contributed by atoms with van der Waals surface area (Å²) in [5.74, 6) is 0.199. The highest BCUT2D eigenvalue weighted by atomic mass is 16.1. The Kier molecular flexibility index (Phi) is 5.88. The van der Waals surface area contributed by atoms with Crippen LogP contribution in [0, 0.1) is 11.3 Å². The van der Waals surface area contributed by atoms with Crippen LogP contribution in [0.5, 0.6) is 0 Å². The lowest BCUT2D eigenvalue weighted by molar-refractivity contribution is -0.123. The Morgan fingerprint density at radius 1 is 1.13 bits per heavy atom. The van der Waals surface area contributed by atoms with Crippen LogP contribution in [0.15, 0.2) is 0 Å². The molecule has 0 radical (unpaired) electrons. The highest BCUT2D eigenvalue weighted by Crippen LogP contribution is 2.17. The molecule has 0 spiro atoms. The highest BCUT2D eigenvalue weighted by molar-refractivity contribution is 5.77. The van der Waals surface area contributed by atoms with Crippen molar-refractivity contribution in [2.75, 3.05) is 13.1 Å². The normalized spacial score (nSPS) is 14.1. The maximum absolute atomic E-state index is 11.2. The maximum Gasteiger partial charge on any atom is 0.222 e. The Bertz CT molecular complexity index is 194. The van der Waals surface area contributed by atoms with Crippen LogP contribution in [0.25, 0.3) is 0 Å². The van der Waals surface area contributed by atoms with Gasteiger partial charge in [-0.25, -0.2) is 0 Å². The average Bonchev–Trinajstić information content (AvgIpc) is 2.09. The first-order chi connectivity index (χ1) is 6.75. The predicted molar refractivity (Wildman–Crippen MR) is 64.8 cm³/mol. The van der Waals surface area contributed by atoms with Crippen LogP contribution in [0.3, 0.4) is 0 Å². The smallest absolute Gasteiger partial charge is 0.222 e. The van der Waals surface area contributed by atoms with Gasteiger partial charge in [0.2, 0.25) is 5.91 Å². The molecule has 0 heterocycles. The van der Waals surface area contributed by atoms with Crippen molar-refractivity contribution in [3.8, 4) is 0 Å². The summed E-state index contributed by atoms with van der Waals surface area (Å²) >= 11 is 0. The number of hydrogen-bond donors (Lipinski definition) is 2. The van der Waals surface area contributed by atoms with Crippen molar-refractivity contribution in [2.24, 2.45) is 11.3 Å². The van der Waals surface area contributed by atoms with Gasteiger partial charge in [-0.3, -0.25) is 4.79 Å². The van der Waals surface area contributed by atoms with Gasteiger partial charge in [-0.15, -0.1) is 0 Å². The molecule has 0 aromatic rings. The molecule has 1 atom stereocenters. The van der Waals surface area contributed by atoms with Gasteiger partial charge in [-0.1, -0.05) is 34.6 Å². The van der Waals surface area contributed by atoms with E-state index in [0.717, 1.165) is 6.54 Å². The Labute approximate surface area is 94.0 Å². The predicted octanol–water partition coefficient (Wildman–Crippen LogP) is 1.78. The monoisotopic (exact) mass is 214 g/mol. The van der Waals surface area contributed by atoms with Crippen molar-refractivity contribution in [3.63, 3.8) is 0 Å². The minimum atomic E-state index is 0.0741. The summed E-state index contributed by atoms with van der Waals surface area (Å²) in [6, 6.07) is 0.452. The topological polar surface area (TPSA) is 41.1 Å². The molecule has 0 fully saturated rings. The lowest BCUT2D eigenvalue weighted by atomic mass is 9.88. The molecular formula is C12H26N2O. The Morgan fingerprint density at radius 2 is 1.67 bits per heavy atom. The molecule has 0 bridgehead atoms. The fraction of sp³-hybridized carbons (Fsp3) is 0.917. The molecular weight excluding hydrogens is 188 g/mol. The van der Waals surface area contributed by atoms with Crippen molar-refractivity contribution in [1.82, 2.24) is 10.6 Å². The molecule has 1 unspecified atom stereocenters. The first-order valence-corrected chi connectivity index (χ1v) is 5.76. The van der Waals surface area contributed by atoms with E-state index in [1.807, 2.05) is 13.8 Å². The number of carbonyl (C=O) groups excluding carboxylic acids is 1. The fourth-order valence-electron chi connectivity index (χ4n) is 0.985. The third kappa shape index (κ3) is 6.50. The quantitative estimate of drug-likeness (QED) is 0.685. The zero-order chi connectivity index (χ0) is 12.1. The Hall–Kier alpha value is -0.570. The lowest BCUT2D eigenvalue weighted by Gasteiger charge is -2.28. The molecule has 0 saturated carbocycles. The van der Waals surface area contributed by atoms with E-state index in [1.54, 1.807) is 0 Å². The van der Waals surface area contributed by atoms with Gasteiger partial charge in [0, 0.05) is 25.0 Å². The highest BCUT2D eigenvalue weighted by Gasteiger charge is 2.18. The molecule has 15 heavy (non-hydrogen) atoms. The van der Waals surface area contributed by atoms with Crippen molar-refractivity contribution in [3.05, 3.63) is 0 Å². The van der Waals surface area contributed by atoms with Crippen molar-refractivity contribution >= 4 is 5.91 Å². The van der Waals surface area contributed by atoms with Crippen LogP contribution in [-0.2, 0) is 4.79 Å². The van der Waals surface area contributed by atoms with Gasteiger partial charge in [-0.05, 0) is 12.3 Å². The second-order valence-electron chi connectivity index (χ2n) is 5.49. The van der Waals surface area contributed by atoms with Gasteiger partial charge in [0.25, 0.3) is 0 Å². The van der Waals surface area contributed by atoms with E-state index in [2.05, 4.69) is 38.3 Å². The molecule has 3 nitrogen and oxygen atoms in total. The summed E-state index contributed by atoms with van der Waals surface area (Å²) in [4.78, 5) is 11.2. The second kappa shape index (κ2) is 6.11.